The number of amides is 1. The van der Waals surface area contributed by atoms with E-state index >= 15 is 0 Å². The normalized spacial score (nSPS) is 14.1. The van der Waals surface area contributed by atoms with Gasteiger partial charge in [-0.2, -0.15) is 5.10 Å². The number of non-ortho nitro benzene ring substituents is 1. The molecule has 0 unspecified atom stereocenters. The van der Waals surface area contributed by atoms with Crippen molar-refractivity contribution in [3.05, 3.63) is 82.7 Å². The maximum Gasteiger partial charge on any atom is 0.271 e. The van der Waals surface area contributed by atoms with Gasteiger partial charge in [0.1, 0.15) is 0 Å². The molecule has 0 spiro atoms. The molecule has 7 nitrogen and oxygen atoms in total. The van der Waals surface area contributed by atoms with Crippen molar-refractivity contribution < 1.29 is 9.72 Å². The van der Waals surface area contributed by atoms with Crippen molar-refractivity contribution in [3.63, 3.8) is 0 Å². The molecule has 0 saturated heterocycles. The van der Waals surface area contributed by atoms with E-state index in [4.69, 9.17) is 0 Å². The number of rotatable bonds is 6. The van der Waals surface area contributed by atoms with Gasteiger partial charge in [-0.25, -0.2) is 4.68 Å². The van der Waals surface area contributed by atoms with Crippen LogP contribution in [-0.4, -0.2) is 26.7 Å². The van der Waals surface area contributed by atoms with Crippen LogP contribution in [0, 0.1) is 10.1 Å². The number of benzene rings is 2. The van der Waals surface area contributed by atoms with Gasteiger partial charge in [0.15, 0.2) is 0 Å². The zero-order valence-corrected chi connectivity index (χ0v) is 16.0. The number of nitro groups is 1. The van der Waals surface area contributed by atoms with Gasteiger partial charge < -0.3 is 4.90 Å². The van der Waals surface area contributed by atoms with E-state index in [9.17, 15) is 14.9 Å². The monoisotopic (exact) mass is 390 g/mol. The summed E-state index contributed by atoms with van der Waals surface area (Å²) in [4.78, 5) is 25.8. The van der Waals surface area contributed by atoms with Crippen LogP contribution in [0.3, 0.4) is 0 Å². The molecule has 0 N–H and O–H groups in total. The van der Waals surface area contributed by atoms with Crippen LogP contribution in [0.2, 0.25) is 0 Å². The van der Waals surface area contributed by atoms with Crippen molar-refractivity contribution in [3.8, 4) is 5.69 Å². The van der Waals surface area contributed by atoms with Crippen molar-refractivity contribution in [2.45, 2.75) is 38.1 Å². The van der Waals surface area contributed by atoms with Crippen molar-refractivity contribution in [2.75, 3.05) is 4.90 Å². The van der Waals surface area contributed by atoms with Crippen molar-refractivity contribution in [2.24, 2.45) is 0 Å². The van der Waals surface area contributed by atoms with Crippen LogP contribution in [0.5, 0.6) is 0 Å². The van der Waals surface area contributed by atoms with E-state index in [1.54, 1.807) is 27.9 Å². The molecule has 3 aromatic rings. The molecule has 2 aromatic carbocycles. The Balaban J connectivity index is 1.58. The second-order valence-electron chi connectivity index (χ2n) is 7.28. The average molecular weight is 390 g/mol. The Hall–Kier alpha value is -3.48. The highest BCUT2D eigenvalue weighted by Gasteiger charge is 2.29. The van der Waals surface area contributed by atoms with E-state index in [1.807, 2.05) is 36.5 Å². The van der Waals surface area contributed by atoms with Crippen LogP contribution < -0.4 is 4.90 Å². The predicted octanol–water partition coefficient (Wildman–Crippen LogP) is 4.30. The lowest BCUT2D eigenvalue weighted by Crippen LogP contribution is -2.40. The van der Waals surface area contributed by atoms with Gasteiger partial charge in [0.2, 0.25) is 5.91 Å². The molecule has 1 fully saturated rings. The Morgan fingerprint density at radius 3 is 2.62 bits per heavy atom. The topological polar surface area (TPSA) is 81.3 Å². The largest absolute Gasteiger partial charge is 0.309 e. The molecule has 1 aromatic heterocycles. The number of para-hydroxylation sites is 1. The fourth-order valence-electron chi connectivity index (χ4n) is 3.91. The summed E-state index contributed by atoms with van der Waals surface area (Å²) in [6.45, 7) is 0. The van der Waals surface area contributed by atoms with Crippen molar-refractivity contribution >= 4 is 17.3 Å². The Labute approximate surface area is 168 Å². The molecule has 1 aliphatic carbocycles. The smallest absolute Gasteiger partial charge is 0.271 e. The van der Waals surface area contributed by atoms with Gasteiger partial charge in [0.25, 0.3) is 5.69 Å². The Kier molecular flexibility index (Phi) is 5.37. The minimum Gasteiger partial charge on any atom is -0.309 e. The number of aromatic nitrogens is 2. The molecule has 7 heteroatoms. The molecule has 1 heterocycles. The van der Waals surface area contributed by atoms with E-state index in [-0.39, 0.29) is 24.1 Å². The maximum atomic E-state index is 13.2. The predicted molar refractivity (Wildman–Crippen MR) is 110 cm³/mol. The second-order valence-corrected chi connectivity index (χ2v) is 7.28. The third-order valence-corrected chi connectivity index (χ3v) is 5.29. The quantitative estimate of drug-likeness (QED) is 0.464. The van der Waals surface area contributed by atoms with Gasteiger partial charge >= 0.3 is 0 Å². The molecule has 1 saturated carbocycles. The second kappa shape index (κ2) is 8.26. The number of nitro benzene ring substituents is 1. The van der Waals surface area contributed by atoms with Gasteiger partial charge in [-0.05, 0) is 36.6 Å². The van der Waals surface area contributed by atoms with Gasteiger partial charge in [0.05, 0.1) is 28.9 Å². The maximum absolute atomic E-state index is 13.2. The van der Waals surface area contributed by atoms with E-state index in [0.717, 1.165) is 36.9 Å². The Morgan fingerprint density at radius 1 is 1.14 bits per heavy atom. The lowest BCUT2D eigenvalue weighted by atomic mass is 10.1. The highest BCUT2D eigenvalue weighted by Crippen LogP contribution is 2.31. The first-order valence-electron chi connectivity index (χ1n) is 9.77. The zero-order chi connectivity index (χ0) is 20.2. The Bertz CT molecular complexity index is 1010. The summed E-state index contributed by atoms with van der Waals surface area (Å²) in [6, 6.07) is 16.1. The molecule has 0 radical (unpaired) electrons. The average Bonchev–Trinajstić information content (AvgIpc) is 3.42. The highest BCUT2D eigenvalue weighted by atomic mass is 16.6. The van der Waals surface area contributed by atoms with Crippen molar-refractivity contribution in [1.82, 2.24) is 9.78 Å². The van der Waals surface area contributed by atoms with Gasteiger partial charge in [-0.3, -0.25) is 14.9 Å². The van der Waals surface area contributed by atoms with Crippen LogP contribution in [0.1, 0.15) is 31.2 Å². The van der Waals surface area contributed by atoms with E-state index in [1.165, 1.54) is 12.1 Å². The standard InChI is InChI=1S/C22H22N4O3/c27-22(13-17-15-23-24(16-17)18-7-2-1-3-8-18)25(19-9-4-5-10-19)20-11-6-12-21(14-20)26(28)29/h1-3,6-8,11-12,14-16,19H,4-5,9-10,13H2. The van der Waals surface area contributed by atoms with E-state index in [2.05, 4.69) is 5.10 Å². The summed E-state index contributed by atoms with van der Waals surface area (Å²) in [6.07, 6.45) is 7.71. The third kappa shape index (κ3) is 4.18. The summed E-state index contributed by atoms with van der Waals surface area (Å²) >= 11 is 0. The summed E-state index contributed by atoms with van der Waals surface area (Å²) in [5.74, 6) is -0.0648. The van der Waals surface area contributed by atoms with Crippen LogP contribution in [0.25, 0.3) is 5.69 Å². The molecule has 148 valence electrons. The lowest BCUT2D eigenvalue weighted by molar-refractivity contribution is -0.384. The molecule has 4 rings (SSSR count). The molecule has 1 amide bonds. The summed E-state index contributed by atoms with van der Waals surface area (Å²) in [5.41, 5.74) is 2.33. The minimum absolute atomic E-state index is 0.00445. The summed E-state index contributed by atoms with van der Waals surface area (Å²) in [5, 5.41) is 15.5. The fraction of sp³-hybridized carbons (Fsp3) is 0.273. The first kappa shape index (κ1) is 18.9. The number of hydrogen-bond acceptors (Lipinski definition) is 4. The Morgan fingerprint density at radius 2 is 1.90 bits per heavy atom. The third-order valence-electron chi connectivity index (χ3n) is 5.29. The van der Waals surface area contributed by atoms with Crippen molar-refractivity contribution in [1.29, 1.82) is 0 Å². The molecular weight excluding hydrogens is 368 g/mol. The summed E-state index contributed by atoms with van der Waals surface area (Å²) in [7, 11) is 0. The van der Waals surface area contributed by atoms with Crippen LogP contribution in [0.4, 0.5) is 11.4 Å². The van der Waals surface area contributed by atoms with Crippen LogP contribution >= 0.6 is 0 Å². The SMILES string of the molecule is O=C(Cc1cnn(-c2ccccc2)c1)N(c1cccc([N+](=O)[O-])c1)C1CCCC1. The summed E-state index contributed by atoms with van der Waals surface area (Å²) < 4.78 is 1.75. The van der Waals surface area contributed by atoms with E-state index in [0.29, 0.717) is 5.69 Å². The minimum atomic E-state index is -0.426. The first-order chi connectivity index (χ1) is 14.1. The number of anilines is 1. The van der Waals surface area contributed by atoms with Gasteiger partial charge in [-0.15, -0.1) is 0 Å². The lowest BCUT2D eigenvalue weighted by Gasteiger charge is -2.29. The molecule has 0 atom stereocenters. The fourth-order valence-corrected chi connectivity index (χ4v) is 3.91. The number of nitrogens with zero attached hydrogens (tertiary/aromatic N) is 4. The highest BCUT2D eigenvalue weighted by molar-refractivity contribution is 5.95. The molecule has 1 aliphatic rings. The van der Waals surface area contributed by atoms with Gasteiger partial charge in [0, 0.05) is 24.4 Å². The van der Waals surface area contributed by atoms with Crippen LogP contribution in [0.15, 0.2) is 67.0 Å². The molecule has 0 aliphatic heterocycles. The number of hydrogen-bond donors (Lipinski definition) is 0. The molecule has 0 bridgehead atoms. The number of carbonyl (C=O) groups excluding carboxylic acids is 1. The molecule has 29 heavy (non-hydrogen) atoms. The van der Waals surface area contributed by atoms with Crippen LogP contribution in [-0.2, 0) is 11.2 Å². The molecular formula is C22H22N4O3. The van der Waals surface area contributed by atoms with Gasteiger partial charge in [-0.1, -0.05) is 37.1 Å². The van der Waals surface area contributed by atoms with E-state index < -0.39 is 4.92 Å². The first-order valence-corrected chi connectivity index (χ1v) is 9.77. The zero-order valence-electron chi connectivity index (χ0n) is 16.0. The number of carbonyl (C=O) groups is 1.